The van der Waals surface area contributed by atoms with E-state index in [1.165, 1.54) is 25.7 Å². The molecule has 0 aromatic rings. The number of nitrogens with two attached hydrogens (primary N) is 1. The van der Waals surface area contributed by atoms with Gasteiger partial charge in [-0.25, -0.2) is 0 Å². The van der Waals surface area contributed by atoms with Crippen LogP contribution in [0.3, 0.4) is 0 Å². The maximum atomic E-state index is 6.04. The molecule has 1 rings (SSSR count). The summed E-state index contributed by atoms with van der Waals surface area (Å²) < 4.78 is 0. The van der Waals surface area contributed by atoms with Gasteiger partial charge in [-0.15, -0.1) is 0 Å². The van der Waals surface area contributed by atoms with Crippen molar-refractivity contribution in [3.05, 3.63) is 0 Å². The molecule has 1 aliphatic rings. The lowest BCUT2D eigenvalue weighted by molar-refractivity contribution is 0.449. The molecular weight excluding hydrogens is 204 g/mol. The Hall–Kier alpha value is -0.180. The minimum atomic E-state index is 0.0143. The van der Waals surface area contributed by atoms with E-state index >= 15 is 0 Å². The molecule has 88 valence electrons. The molecule has 0 heterocycles. The summed E-state index contributed by atoms with van der Waals surface area (Å²) in [6, 6.07) is 0.452. The van der Waals surface area contributed by atoms with Crippen molar-refractivity contribution in [1.82, 2.24) is 0 Å². The number of thioether (sulfide) groups is 1. The predicted molar refractivity (Wildman–Crippen MR) is 70.6 cm³/mol. The first-order valence-electron chi connectivity index (χ1n) is 5.81. The Morgan fingerprint density at radius 3 is 2.40 bits per heavy atom. The fourth-order valence-electron chi connectivity index (χ4n) is 1.87. The molecule has 0 aromatic carbocycles. The van der Waals surface area contributed by atoms with Crippen molar-refractivity contribution in [3.63, 3.8) is 0 Å². The molecule has 0 bridgehead atoms. The highest BCUT2D eigenvalue weighted by Gasteiger charge is 2.25. The van der Waals surface area contributed by atoms with Crippen molar-refractivity contribution in [2.24, 2.45) is 16.1 Å². The smallest absolute Gasteiger partial charge is 0.0995 e. The predicted octanol–water partition coefficient (Wildman–Crippen LogP) is 3.06. The average Bonchev–Trinajstić information content (AvgIpc) is 2.17. The van der Waals surface area contributed by atoms with E-state index in [1.54, 1.807) is 0 Å². The molecule has 1 aliphatic carbocycles. The second kappa shape index (κ2) is 5.24. The summed E-state index contributed by atoms with van der Waals surface area (Å²) in [6.45, 7) is 6.38. The molecular formula is C12H24N2S. The van der Waals surface area contributed by atoms with Crippen molar-refractivity contribution in [1.29, 1.82) is 0 Å². The van der Waals surface area contributed by atoms with Gasteiger partial charge in [-0.3, -0.25) is 4.99 Å². The van der Waals surface area contributed by atoms with Gasteiger partial charge in [-0.05, 0) is 19.1 Å². The first-order valence-corrected chi connectivity index (χ1v) is 7.10. The van der Waals surface area contributed by atoms with E-state index in [1.807, 2.05) is 11.8 Å². The summed E-state index contributed by atoms with van der Waals surface area (Å²) in [5, 5.41) is 0.680. The molecule has 15 heavy (non-hydrogen) atoms. The van der Waals surface area contributed by atoms with E-state index in [2.05, 4.69) is 27.0 Å². The van der Waals surface area contributed by atoms with Gasteiger partial charge in [0.2, 0.25) is 0 Å². The molecule has 1 saturated carbocycles. The number of amidine groups is 1. The minimum absolute atomic E-state index is 0.0143. The molecule has 0 aromatic heterocycles. The average molecular weight is 228 g/mol. The number of hydrogen-bond donors (Lipinski definition) is 1. The SMILES string of the molecule is CSC1CCCCC1N=C(N)C(C)(C)C. The summed E-state index contributed by atoms with van der Waals surface area (Å²) in [4.78, 5) is 4.73. The number of nitrogens with zero attached hydrogens (tertiary/aromatic N) is 1. The lowest BCUT2D eigenvalue weighted by atomic mass is 9.92. The van der Waals surface area contributed by atoms with E-state index in [4.69, 9.17) is 10.7 Å². The van der Waals surface area contributed by atoms with Crippen LogP contribution in [0.4, 0.5) is 0 Å². The zero-order valence-corrected chi connectivity index (χ0v) is 11.2. The van der Waals surface area contributed by atoms with Crippen molar-refractivity contribution >= 4 is 17.6 Å². The van der Waals surface area contributed by atoms with Gasteiger partial charge in [0, 0.05) is 10.7 Å². The Bertz CT molecular complexity index is 230. The lowest BCUT2D eigenvalue weighted by Gasteiger charge is -2.29. The van der Waals surface area contributed by atoms with Crippen LogP contribution in [0.15, 0.2) is 4.99 Å². The highest BCUT2D eigenvalue weighted by Crippen LogP contribution is 2.30. The normalized spacial score (nSPS) is 29.2. The van der Waals surface area contributed by atoms with Crippen LogP contribution in [-0.4, -0.2) is 23.4 Å². The molecule has 2 unspecified atom stereocenters. The third kappa shape index (κ3) is 3.71. The summed E-state index contributed by atoms with van der Waals surface area (Å²) in [5.41, 5.74) is 6.05. The van der Waals surface area contributed by atoms with Crippen LogP contribution in [0.2, 0.25) is 0 Å². The van der Waals surface area contributed by atoms with Crippen molar-refractivity contribution in [2.75, 3.05) is 6.26 Å². The van der Waals surface area contributed by atoms with Gasteiger partial charge in [0.1, 0.15) is 0 Å². The van der Waals surface area contributed by atoms with Crippen LogP contribution < -0.4 is 5.73 Å². The molecule has 2 atom stereocenters. The van der Waals surface area contributed by atoms with Gasteiger partial charge in [-0.2, -0.15) is 11.8 Å². The second-order valence-electron chi connectivity index (χ2n) is 5.39. The van der Waals surface area contributed by atoms with Gasteiger partial charge >= 0.3 is 0 Å². The monoisotopic (exact) mass is 228 g/mol. The number of hydrogen-bond acceptors (Lipinski definition) is 2. The van der Waals surface area contributed by atoms with Crippen molar-refractivity contribution in [2.45, 2.75) is 57.7 Å². The maximum absolute atomic E-state index is 6.04. The van der Waals surface area contributed by atoms with E-state index in [9.17, 15) is 0 Å². The van der Waals surface area contributed by atoms with Crippen molar-refractivity contribution < 1.29 is 0 Å². The molecule has 2 nitrogen and oxygen atoms in total. The molecule has 3 heteroatoms. The number of aliphatic imine (C=N–C) groups is 1. The van der Waals surface area contributed by atoms with Crippen LogP contribution in [0.1, 0.15) is 46.5 Å². The molecule has 2 N–H and O–H groups in total. The highest BCUT2D eigenvalue weighted by atomic mass is 32.2. The molecule has 0 amide bonds. The molecule has 0 saturated heterocycles. The van der Waals surface area contributed by atoms with E-state index < -0.39 is 0 Å². The quantitative estimate of drug-likeness (QED) is 0.583. The molecule has 0 radical (unpaired) electrons. The minimum Gasteiger partial charge on any atom is -0.387 e. The Morgan fingerprint density at radius 1 is 1.27 bits per heavy atom. The largest absolute Gasteiger partial charge is 0.387 e. The second-order valence-corrected chi connectivity index (χ2v) is 6.47. The molecule has 0 aliphatic heterocycles. The zero-order valence-electron chi connectivity index (χ0n) is 10.4. The van der Waals surface area contributed by atoms with Gasteiger partial charge in [0.25, 0.3) is 0 Å². The Morgan fingerprint density at radius 2 is 1.87 bits per heavy atom. The fraction of sp³-hybridized carbons (Fsp3) is 0.917. The van der Waals surface area contributed by atoms with Crippen LogP contribution >= 0.6 is 11.8 Å². The van der Waals surface area contributed by atoms with E-state index in [0.29, 0.717) is 11.3 Å². The summed E-state index contributed by atoms with van der Waals surface area (Å²) in [5.74, 6) is 0.813. The number of rotatable bonds is 2. The Labute approximate surface area is 98.1 Å². The van der Waals surface area contributed by atoms with Gasteiger partial charge in [0.15, 0.2) is 0 Å². The van der Waals surface area contributed by atoms with Crippen LogP contribution in [0.25, 0.3) is 0 Å². The highest BCUT2D eigenvalue weighted by molar-refractivity contribution is 7.99. The Kier molecular flexibility index (Phi) is 4.50. The van der Waals surface area contributed by atoms with Crippen LogP contribution in [0.5, 0.6) is 0 Å². The standard InChI is InChI=1S/C12H24N2S/c1-12(2,3)11(13)14-9-7-5-6-8-10(9)15-4/h9-10H,5-8H2,1-4H3,(H2,13,14). The van der Waals surface area contributed by atoms with Crippen LogP contribution in [-0.2, 0) is 0 Å². The molecule has 1 fully saturated rings. The van der Waals surface area contributed by atoms with Gasteiger partial charge in [0.05, 0.1) is 11.9 Å². The third-order valence-electron chi connectivity index (χ3n) is 3.04. The topological polar surface area (TPSA) is 38.4 Å². The van der Waals surface area contributed by atoms with Gasteiger partial charge in [-0.1, -0.05) is 33.6 Å². The van der Waals surface area contributed by atoms with E-state index in [-0.39, 0.29) is 5.41 Å². The molecule has 0 spiro atoms. The van der Waals surface area contributed by atoms with E-state index in [0.717, 1.165) is 5.84 Å². The summed E-state index contributed by atoms with van der Waals surface area (Å²) in [7, 11) is 0. The maximum Gasteiger partial charge on any atom is 0.0995 e. The lowest BCUT2D eigenvalue weighted by Crippen LogP contribution is -2.34. The van der Waals surface area contributed by atoms with Crippen LogP contribution in [0, 0.1) is 5.41 Å². The summed E-state index contributed by atoms with van der Waals surface area (Å²) >= 11 is 1.94. The first kappa shape index (κ1) is 12.9. The zero-order chi connectivity index (χ0) is 11.5. The third-order valence-corrected chi connectivity index (χ3v) is 4.20. The fourth-order valence-corrected chi connectivity index (χ4v) is 2.79. The first-order chi connectivity index (χ1) is 6.95. The van der Waals surface area contributed by atoms with Gasteiger partial charge < -0.3 is 5.73 Å². The van der Waals surface area contributed by atoms with Crippen molar-refractivity contribution in [3.8, 4) is 0 Å². The Balaban J connectivity index is 2.69. The summed E-state index contributed by atoms with van der Waals surface area (Å²) in [6.07, 6.45) is 7.36.